The molecular formula is C28H34ClN3O3S. The standard InChI is InChI=1S/C28H34ClN3O3S/c1-22(23-10-4-2-5-11-23)20-32(21-28(33)31-19-9-3-8-18-30)36(34,35)25-16-14-24(15-17-25)26-12-6-7-13-27(26)29/h2,4-7,10-17,22H,3,8-9,18-21,30H2,1H3,(H,31,33). The molecule has 0 aliphatic rings. The highest BCUT2D eigenvalue weighted by Gasteiger charge is 2.28. The first-order valence-electron chi connectivity index (χ1n) is 12.2. The first-order chi connectivity index (χ1) is 17.3. The highest BCUT2D eigenvalue weighted by atomic mass is 35.5. The number of sulfonamides is 1. The van der Waals surface area contributed by atoms with Crippen LogP contribution in [0, 0.1) is 0 Å². The number of unbranched alkanes of at least 4 members (excludes halogenated alkanes) is 2. The zero-order valence-corrected chi connectivity index (χ0v) is 22.1. The van der Waals surface area contributed by atoms with Gasteiger partial charge in [0.25, 0.3) is 0 Å². The fraction of sp³-hybridized carbons (Fsp3) is 0.321. The topological polar surface area (TPSA) is 92.5 Å². The number of halogens is 1. The number of nitrogens with zero attached hydrogens (tertiary/aromatic N) is 1. The summed E-state index contributed by atoms with van der Waals surface area (Å²) in [6, 6.07) is 23.7. The average Bonchev–Trinajstić information content (AvgIpc) is 2.89. The molecule has 0 saturated heterocycles. The van der Waals surface area contributed by atoms with Gasteiger partial charge >= 0.3 is 0 Å². The van der Waals surface area contributed by atoms with E-state index in [4.69, 9.17) is 17.3 Å². The average molecular weight is 528 g/mol. The van der Waals surface area contributed by atoms with Crippen LogP contribution >= 0.6 is 11.6 Å². The van der Waals surface area contributed by atoms with Crippen LogP contribution in [0.4, 0.5) is 0 Å². The number of hydrogen-bond acceptors (Lipinski definition) is 4. The number of carbonyl (C=O) groups excluding carboxylic acids is 1. The molecule has 3 aromatic carbocycles. The van der Waals surface area contributed by atoms with Crippen molar-refractivity contribution in [3.8, 4) is 11.1 Å². The summed E-state index contributed by atoms with van der Waals surface area (Å²) in [5.74, 6) is -0.417. The summed E-state index contributed by atoms with van der Waals surface area (Å²) < 4.78 is 28.6. The Balaban J connectivity index is 1.80. The molecular weight excluding hydrogens is 494 g/mol. The lowest BCUT2D eigenvalue weighted by atomic mass is 10.0. The fourth-order valence-electron chi connectivity index (χ4n) is 3.98. The predicted molar refractivity (Wildman–Crippen MR) is 146 cm³/mol. The summed E-state index contributed by atoms with van der Waals surface area (Å²) >= 11 is 6.30. The molecule has 1 amide bonds. The van der Waals surface area contributed by atoms with E-state index in [1.807, 2.05) is 55.5 Å². The molecule has 1 atom stereocenters. The SMILES string of the molecule is CC(CN(CC(=O)NCCCCCN)S(=O)(=O)c1ccc(-c2ccccc2Cl)cc1)c1ccccc1. The zero-order chi connectivity index (χ0) is 26.0. The smallest absolute Gasteiger partial charge is 0.243 e. The van der Waals surface area contributed by atoms with Crippen LogP contribution < -0.4 is 11.1 Å². The van der Waals surface area contributed by atoms with Crippen molar-refractivity contribution in [2.45, 2.75) is 37.0 Å². The van der Waals surface area contributed by atoms with Gasteiger partial charge in [0, 0.05) is 23.7 Å². The molecule has 0 spiro atoms. The van der Waals surface area contributed by atoms with E-state index < -0.39 is 10.0 Å². The van der Waals surface area contributed by atoms with Crippen LogP contribution in [0.25, 0.3) is 11.1 Å². The van der Waals surface area contributed by atoms with Crippen molar-refractivity contribution in [1.29, 1.82) is 0 Å². The van der Waals surface area contributed by atoms with Crippen LogP contribution in [0.1, 0.15) is 37.7 Å². The van der Waals surface area contributed by atoms with E-state index >= 15 is 0 Å². The number of rotatable bonds is 13. The Hall–Kier alpha value is -2.71. The summed E-state index contributed by atoms with van der Waals surface area (Å²) in [6.45, 7) is 3.01. The Morgan fingerprint density at radius 3 is 2.28 bits per heavy atom. The van der Waals surface area contributed by atoms with Gasteiger partial charge < -0.3 is 11.1 Å². The van der Waals surface area contributed by atoms with Crippen LogP contribution in [0.15, 0.2) is 83.8 Å². The summed E-state index contributed by atoms with van der Waals surface area (Å²) in [5, 5.41) is 3.44. The summed E-state index contributed by atoms with van der Waals surface area (Å²) in [6.07, 6.45) is 2.62. The molecule has 0 fully saturated rings. The van der Waals surface area contributed by atoms with Crippen LogP contribution in [-0.2, 0) is 14.8 Å². The lowest BCUT2D eigenvalue weighted by molar-refractivity contribution is -0.121. The van der Waals surface area contributed by atoms with Crippen molar-refractivity contribution in [2.75, 3.05) is 26.2 Å². The Morgan fingerprint density at radius 1 is 0.944 bits per heavy atom. The first-order valence-corrected chi connectivity index (χ1v) is 14.0. The minimum absolute atomic E-state index is 0.0965. The number of hydrogen-bond donors (Lipinski definition) is 2. The van der Waals surface area contributed by atoms with E-state index in [1.165, 1.54) is 4.31 Å². The molecule has 1 unspecified atom stereocenters. The Morgan fingerprint density at radius 2 is 1.61 bits per heavy atom. The molecule has 6 nitrogen and oxygen atoms in total. The molecule has 0 aliphatic heterocycles. The van der Waals surface area contributed by atoms with E-state index in [1.54, 1.807) is 30.3 Å². The third-order valence-corrected chi connectivity index (χ3v) is 8.20. The van der Waals surface area contributed by atoms with E-state index in [-0.39, 0.29) is 29.8 Å². The van der Waals surface area contributed by atoms with Gasteiger partial charge in [-0.3, -0.25) is 4.79 Å². The maximum Gasteiger partial charge on any atom is 0.243 e. The van der Waals surface area contributed by atoms with Crippen molar-refractivity contribution >= 4 is 27.5 Å². The fourth-order valence-corrected chi connectivity index (χ4v) is 5.71. The summed E-state index contributed by atoms with van der Waals surface area (Å²) in [5.41, 5.74) is 8.17. The predicted octanol–water partition coefficient (Wildman–Crippen LogP) is 5.05. The van der Waals surface area contributed by atoms with Crippen molar-refractivity contribution in [3.05, 3.63) is 89.4 Å². The lowest BCUT2D eigenvalue weighted by Crippen LogP contribution is -2.42. The van der Waals surface area contributed by atoms with Gasteiger partial charge in [-0.05, 0) is 54.6 Å². The van der Waals surface area contributed by atoms with Gasteiger partial charge in [0.15, 0.2) is 0 Å². The monoisotopic (exact) mass is 527 g/mol. The molecule has 36 heavy (non-hydrogen) atoms. The molecule has 8 heteroatoms. The van der Waals surface area contributed by atoms with E-state index in [0.29, 0.717) is 18.1 Å². The second kappa shape index (κ2) is 13.6. The van der Waals surface area contributed by atoms with E-state index in [0.717, 1.165) is 36.0 Å². The van der Waals surface area contributed by atoms with E-state index in [9.17, 15) is 13.2 Å². The lowest BCUT2D eigenvalue weighted by Gasteiger charge is -2.25. The van der Waals surface area contributed by atoms with E-state index in [2.05, 4.69) is 5.32 Å². The van der Waals surface area contributed by atoms with Crippen molar-refractivity contribution in [2.24, 2.45) is 5.73 Å². The molecule has 3 N–H and O–H groups in total. The van der Waals surface area contributed by atoms with Gasteiger partial charge in [-0.15, -0.1) is 0 Å². The molecule has 0 heterocycles. The minimum atomic E-state index is -3.92. The van der Waals surface area contributed by atoms with Gasteiger partial charge in [-0.2, -0.15) is 4.31 Å². The molecule has 0 radical (unpaired) electrons. The summed E-state index contributed by atoms with van der Waals surface area (Å²) in [4.78, 5) is 12.8. The molecule has 0 bridgehead atoms. The number of carbonyl (C=O) groups is 1. The zero-order valence-electron chi connectivity index (χ0n) is 20.6. The highest BCUT2D eigenvalue weighted by Crippen LogP contribution is 2.29. The highest BCUT2D eigenvalue weighted by molar-refractivity contribution is 7.89. The Kier molecular flexibility index (Phi) is 10.5. The van der Waals surface area contributed by atoms with Crippen LogP contribution in [0.2, 0.25) is 5.02 Å². The molecule has 192 valence electrons. The van der Waals surface area contributed by atoms with Gasteiger partial charge in [-0.25, -0.2) is 8.42 Å². The molecule has 3 aromatic rings. The molecule has 0 aliphatic carbocycles. The van der Waals surface area contributed by atoms with Gasteiger partial charge in [0.05, 0.1) is 11.4 Å². The van der Waals surface area contributed by atoms with Crippen LogP contribution in [0.5, 0.6) is 0 Å². The Bertz CT molecular complexity index is 1220. The van der Waals surface area contributed by atoms with Crippen LogP contribution in [-0.4, -0.2) is 44.8 Å². The Labute approximate surface area is 219 Å². The van der Waals surface area contributed by atoms with Crippen LogP contribution in [0.3, 0.4) is 0 Å². The maximum atomic E-state index is 13.7. The van der Waals surface area contributed by atoms with Gasteiger partial charge in [0.1, 0.15) is 0 Å². The third-order valence-electron chi connectivity index (χ3n) is 6.05. The molecule has 3 rings (SSSR count). The number of amides is 1. The maximum absolute atomic E-state index is 13.7. The van der Waals surface area contributed by atoms with Crippen molar-refractivity contribution in [1.82, 2.24) is 9.62 Å². The third kappa shape index (κ3) is 7.64. The quantitative estimate of drug-likeness (QED) is 0.304. The summed E-state index contributed by atoms with van der Waals surface area (Å²) in [7, 11) is -3.92. The first kappa shape index (κ1) is 27.9. The second-order valence-corrected chi connectivity index (χ2v) is 11.2. The number of benzene rings is 3. The van der Waals surface area contributed by atoms with Gasteiger partial charge in [0.2, 0.25) is 15.9 Å². The second-order valence-electron chi connectivity index (χ2n) is 8.81. The minimum Gasteiger partial charge on any atom is -0.355 e. The number of nitrogens with one attached hydrogen (secondary N) is 1. The normalized spacial score (nSPS) is 12.4. The van der Waals surface area contributed by atoms with Crippen molar-refractivity contribution in [3.63, 3.8) is 0 Å². The van der Waals surface area contributed by atoms with Gasteiger partial charge in [-0.1, -0.05) is 85.6 Å². The molecule has 0 saturated carbocycles. The molecule has 0 aromatic heterocycles. The number of nitrogens with two attached hydrogens (primary N) is 1. The largest absolute Gasteiger partial charge is 0.355 e. The van der Waals surface area contributed by atoms with Crippen molar-refractivity contribution < 1.29 is 13.2 Å².